The first-order valence-corrected chi connectivity index (χ1v) is 24.9. The molecule has 1 unspecified atom stereocenters. The third kappa shape index (κ3) is 48.4. The van der Waals surface area contributed by atoms with Crippen molar-refractivity contribution in [2.75, 3.05) is 19.8 Å². The molecular formula is C53H96O4. The van der Waals surface area contributed by atoms with E-state index < -0.39 is 6.10 Å². The first kappa shape index (κ1) is 55.1. The second kappa shape index (κ2) is 50.2. The second-order valence-electron chi connectivity index (χ2n) is 16.5. The summed E-state index contributed by atoms with van der Waals surface area (Å²) in [4.78, 5) is 12.3. The van der Waals surface area contributed by atoms with Crippen molar-refractivity contribution in [1.29, 1.82) is 0 Å². The zero-order valence-corrected chi connectivity index (χ0v) is 38.1. The summed E-state index contributed by atoms with van der Waals surface area (Å²) in [6, 6.07) is 0. The minimum atomic E-state index is -0.545. The van der Waals surface area contributed by atoms with Crippen LogP contribution < -0.4 is 0 Å². The number of hydrogen-bond acceptors (Lipinski definition) is 4. The monoisotopic (exact) mass is 797 g/mol. The topological polar surface area (TPSA) is 55.8 Å². The number of esters is 1. The zero-order valence-electron chi connectivity index (χ0n) is 38.1. The van der Waals surface area contributed by atoms with Crippen LogP contribution in [-0.2, 0) is 14.3 Å². The molecule has 0 fully saturated rings. The molecule has 4 nitrogen and oxygen atoms in total. The maximum Gasteiger partial charge on any atom is 0.306 e. The van der Waals surface area contributed by atoms with Crippen molar-refractivity contribution >= 4 is 5.97 Å². The molecule has 4 heteroatoms. The van der Waals surface area contributed by atoms with Crippen LogP contribution in [0.15, 0.2) is 60.8 Å². The third-order valence-corrected chi connectivity index (χ3v) is 10.8. The van der Waals surface area contributed by atoms with Gasteiger partial charge in [-0.15, -0.1) is 0 Å². The molecule has 0 radical (unpaired) electrons. The maximum absolute atomic E-state index is 12.3. The van der Waals surface area contributed by atoms with Gasteiger partial charge in [0.15, 0.2) is 0 Å². The number of ether oxygens (including phenoxy) is 2. The Morgan fingerprint density at radius 2 is 0.737 bits per heavy atom. The van der Waals surface area contributed by atoms with E-state index in [1.54, 1.807) is 0 Å². The van der Waals surface area contributed by atoms with Gasteiger partial charge in [-0.2, -0.15) is 0 Å². The lowest BCUT2D eigenvalue weighted by Gasteiger charge is -2.16. The quantitative estimate of drug-likeness (QED) is 0.0379. The highest BCUT2D eigenvalue weighted by atomic mass is 16.6. The van der Waals surface area contributed by atoms with E-state index in [1.807, 2.05) is 0 Å². The molecule has 0 rings (SSSR count). The molecule has 0 bridgehead atoms. The number of allylic oxidation sites excluding steroid dienone is 10. The highest BCUT2D eigenvalue weighted by molar-refractivity contribution is 5.69. The summed E-state index contributed by atoms with van der Waals surface area (Å²) in [6.45, 7) is 5.33. The number of unbranched alkanes of at least 4 members (excludes halogenated alkanes) is 28. The maximum atomic E-state index is 12.3. The van der Waals surface area contributed by atoms with Crippen molar-refractivity contribution in [3.63, 3.8) is 0 Å². The number of hydrogen-bond donors (Lipinski definition) is 1. The lowest BCUT2D eigenvalue weighted by molar-refractivity contribution is -0.154. The Bertz CT molecular complexity index is 931. The summed E-state index contributed by atoms with van der Waals surface area (Å²) in [6.07, 6.45) is 67.3. The van der Waals surface area contributed by atoms with Crippen LogP contribution in [-0.4, -0.2) is 37.0 Å². The first-order valence-electron chi connectivity index (χ1n) is 24.9. The lowest BCUT2D eigenvalue weighted by atomic mass is 10.0. The fourth-order valence-corrected chi connectivity index (χ4v) is 7.07. The molecule has 0 spiro atoms. The number of rotatable bonds is 46. The van der Waals surface area contributed by atoms with Crippen LogP contribution >= 0.6 is 0 Å². The molecule has 1 N–H and O–H groups in total. The van der Waals surface area contributed by atoms with Gasteiger partial charge in [-0.1, -0.05) is 216 Å². The predicted molar refractivity (Wildman–Crippen MR) is 251 cm³/mol. The summed E-state index contributed by atoms with van der Waals surface area (Å²) in [5.74, 6) is -0.212. The van der Waals surface area contributed by atoms with Gasteiger partial charge in [0.1, 0.15) is 6.10 Å². The van der Waals surface area contributed by atoms with Crippen molar-refractivity contribution < 1.29 is 19.4 Å². The molecule has 0 aliphatic heterocycles. The molecule has 57 heavy (non-hydrogen) atoms. The van der Waals surface area contributed by atoms with Crippen LogP contribution in [0, 0.1) is 0 Å². The van der Waals surface area contributed by atoms with E-state index in [4.69, 9.17) is 9.47 Å². The van der Waals surface area contributed by atoms with E-state index in [0.717, 1.165) is 51.4 Å². The Morgan fingerprint density at radius 3 is 1.11 bits per heavy atom. The summed E-state index contributed by atoms with van der Waals surface area (Å²) in [7, 11) is 0. The Kier molecular flexibility index (Phi) is 48.6. The Labute approximate surface area is 355 Å². The van der Waals surface area contributed by atoms with E-state index in [1.165, 1.54) is 173 Å². The van der Waals surface area contributed by atoms with E-state index in [2.05, 4.69) is 74.6 Å². The average molecular weight is 797 g/mol. The zero-order chi connectivity index (χ0) is 41.2. The highest BCUT2D eigenvalue weighted by Gasteiger charge is 2.13. The van der Waals surface area contributed by atoms with Crippen molar-refractivity contribution in [1.82, 2.24) is 0 Å². The van der Waals surface area contributed by atoms with E-state index in [9.17, 15) is 9.90 Å². The molecule has 0 amide bonds. The fourth-order valence-electron chi connectivity index (χ4n) is 7.07. The smallest absolute Gasteiger partial charge is 0.306 e. The summed E-state index contributed by atoms with van der Waals surface area (Å²) < 4.78 is 11.2. The van der Waals surface area contributed by atoms with E-state index in [0.29, 0.717) is 13.0 Å². The standard InChI is InChI=1S/C53H96O4/c1-3-5-7-9-11-13-15-17-19-21-23-25-26-27-29-31-33-35-37-39-41-43-45-47-49-56-51-52(50-54)57-53(55)48-46-44-42-40-38-36-34-32-30-28-24-22-20-18-16-14-12-10-8-6-4-2/h15-18,21-24,30,32,52,54H,3-14,19-20,25-29,31,33-51H2,1-2H3/b17-15-,18-16-,23-21-,24-22-,32-30-. The molecule has 1 atom stereocenters. The molecule has 0 aromatic heterocycles. The Morgan fingerprint density at radius 1 is 0.421 bits per heavy atom. The number of carbonyl (C=O) groups excluding carboxylic acids is 1. The second-order valence-corrected chi connectivity index (χ2v) is 16.5. The highest BCUT2D eigenvalue weighted by Crippen LogP contribution is 2.14. The molecule has 0 heterocycles. The number of aliphatic hydroxyl groups excluding tert-OH is 1. The van der Waals surface area contributed by atoms with Gasteiger partial charge in [-0.25, -0.2) is 0 Å². The third-order valence-electron chi connectivity index (χ3n) is 10.8. The minimum absolute atomic E-state index is 0.179. The van der Waals surface area contributed by atoms with Crippen LogP contribution in [0.5, 0.6) is 0 Å². The van der Waals surface area contributed by atoms with Crippen molar-refractivity contribution in [2.24, 2.45) is 0 Å². The normalized spacial score (nSPS) is 12.8. The molecule has 0 saturated heterocycles. The van der Waals surface area contributed by atoms with Crippen LogP contribution in [0.1, 0.15) is 245 Å². The molecule has 0 aliphatic carbocycles. The summed E-state index contributed by atoms with van der Waals surface area (Å²) in [5.41, 5.74) is 0. The fraction of sp³-hybridized carbons (Fsp3) is 0.792. The average Bonchev–Trinajstić information content (AvgIpc) is 3.22. The van der Waals surface area contributed by atoms with Crippen LogP contribution in [0.3, 0.4) is 0 Å². The van der Waals surface area contributed by atoms with Gasteiger partial charge < -0.3 is 14.6 Å². The first-order chi connectivity index (χ1) is 28.2. The number of carbonyl (C=O) groups is 1. The summed E-state index contributed by atoms with van der Waals surface area (Å²) >= 11 is 0. The van der Waals surface area contributed by atoms with E-state index >= 15 is 0 Å². The lowest BCUT2D eigenvalue weighted by Crippen LogP contribution is -2.27. The van der Waals surface area contributed by atoms with Gasteiger partial charge in [-0.05, 0) is 83.5 Å². The van der Waals surface area contributed by atoms with Crippen LogP contribution in [0.25, 0.3) is 0 Å². The Hall–Kier alpha value is -1.91. The number of aliphatic hydroxyl groups is 1. The van der Waals surface area contributed by atoms with Gasteiger partial charge in [0.05, 0.1) is 13.2 Å². The van der Waals surface area contributed by atoms with Crippen molar-refractivity contribution in [3.8, 4) is 0 Å². The minimum Gasteiger partial charge on any atom is -0.457 e. The predicted octanol–water partition coefficient (Wildman–Crippen LogP) is 16.8. The van der Waals surface area contributed by atoms with Crippen molar-refractivity contribution in [2.45, 2.75) is 251 Å². The van der Waals surface area contributed by atoms with Gasteiger partial charge in [-0.3, -0.25) is 4.79 Å². The van der Waals surface area contributed by atoms with Gasteiger partial charge in [0, 0.05) is 13.0 Å². The Balaban J connectivity index is 3.45. The SMILES string of the molecule is CCCCCCC/C=C\C/C=C\C/C=C\CCCCCCCCC(=O)OC(CO)COCCCCCCCCCCCCCC/C=C\C/C=C\CCCCCCC. The molecule has 0 saturated carbocycles. The largest absolute Gasteiger partial charge is 0.457 e. The van der Waals surface area contributed by atoms with Crippen LogP contribution in [0.2, 0.25) is 0 Å². The molecular weight excluding hydrogens is 701 g/mol. The molecule has 0 aromatic rings. The summed E-state index contributed by atoms with van der Waals surface area (Å²) in [5, 5.41) is 9.64. The molecule has 0 aliphatic rings. The van der Waals surface area contributed by atoms with Crippen LogP contribution in [0.4, 0.5) is 0 Å². The van der Waals surface area contributed by atoms with Crippen molar-refractivity contribution in [3.05, 3.63) is 60.8 Å². The van der Waals surface area contributed by atoms with Gasteiger partial charge in [0.2, 0.25) is 0 Å². The van der Waals surface area contributed by atoms with Gasteiger partial charge >= 0.3 is 5.97 Å². The molecule has 332 valence electrons. The van der Waals surface area contributed by atoms with E-state index in [-0.39, 0.29) is 19.2 Å². The van der Waals surface area contributed by atoms with Gasteiger partial charge in [0.25, 0.3) is 0 Å². The molecule has 0 aromatic carbocycles.